The summed E-state index contributed by atoms with van der Waals surface area (Å²) < 4.78 is -0.700. The maximum absolute atomic E-state index is 12.3. The zero-order valence-corrected chi connectivity index (χ0v) is 19.7. The van der Waals surface area contributed by atoms with Gasteiger partial charge in [0.1, 0.15) is 6.17 Å². The Morgan fingerprint density at radius 2 is 1.87 bits per heavy atom. The number of carbonyl (C=O) groups excluding carboxylic acids is 1. The number of rotatable bonds is 5. The normalized spacial score (nSPS) is 12.7. The van der Waals surface area contributed by atoms with E-state index in [9.17, 15) is 4.79 Å². The Bertz CT molecular complexity index is 1060. The molecular weight excluding hydrogens is 481 g/mol. The van der Waals surface area contributed by atoms with Crippen molar-refractivity contribution in [3.05, 3.63) is 71.8 Å². The molecule has 0 saturated heterocycles. The summed E-state index contributed by atoms with van der Waals surface area (Å²) in [6.45, 7) is 1.98. The van der Waals surface area contributed by atoms with E-state index >= 15 is 0 Å². The molecule has 1 atom stereocenters. The third kappa shape index (κ3) is 6.59. The minimum absolute atomic E-state index is 0.223. The average Bonchev–Trinajstić information content (AvgIpc) is 3.07. The van der Waals surface area contributed by atoms with Crippen LogP contribution in [-0.4, -0.2) is 21.0 Å². The number of hydrogen-bond acceptors (Lipinski definition) is 3. The Hall–Kier alpha value is -1.83. The topological polar surface area (TPSA) is 53.2 Å². The number of benzene rings is 2. The third-order valence-electron chi connectivity index (χ3n) is 4.02. The lowest BCUT2D eigenvalue weighted by Crippen LogP contribution is -2.55. The molecule has 0 aliphatic heterocycles. The number of anilines is 1. The first-order valence-corrected chi connectivity index (χ1v) is 11.2. The number of alkyl halides is 3. The van der Waals surface area contributed by atoms with E-state index in [0.717, 1.165) is 26.2 Å². The van der Waals surface area contributed by atoms with Crippen LogP contribution in [0.1, 0.15) is 11.1 Å². The van der Waals surface area contributed by atoms with Gasteiger partial charge in [-0.1, -0.05) is 82.8 Å². The number of thiocarbonyl (C=S) groups is 1. The van der Waals surface area contributed by atoms with E-state index in [1.807, 2.05) is 61.5 Å². The molecule has 1 aromatic heterocycles. The zero-order chi connectivity index (χ0) is 21.7. The van der Waals surface area contributed by atoms with Crippen LogP contribution in [0.3, 0.4) is 0 Å². The van der Waals surface area contributed by atoms with Crippen LogP contribution >= 0.6 is 58.4 Å². The minimum atomic E-state index is -1.82. The number of nitrogens with one attached hydrogen (secondary N) is 3. The maximum Gasteiger partial charge on any atom is 0.245 e. The first-order valence-electron chi connectivity index (χ1n) is 8.89. The molecule has 1 heterocycles. The summed E-state index contributed by atoms with van der Waals surface area (Å²) in [6, 6.07) is 17.7. The van der Waals surface area contributed by atoms with E-state index in [1.165, 1.54) is 6.08 Å². The monoisotopic (exact) mass is 497 g/mol. The summed E-state index contributed by atoms with van der Waals surface area (Å²) in [5.74, 6) is -0.426. The molecule has 1 amide bonds. The summed E-state index contributed by atoms with van der Waals surface area (Å²) in [4.78, 5) is 12.3. The van der Waals surface area contributed by atoms with Gasteiger partial charge in [-0.25, -0.2) is 0 Å². The van der Waals surface area contributed by atoms with E-state index in [1.54, 1.807) is 17.4 Å². The first-order chi connectivity index (χ1) is 14.2. The first kappa shape index (κ1) is 22.8. The van der Waals surface area contributed by atoms with Gasteiger partial charge in [-0.3, -0.25) is 4.79 Å². The van der Waals surface area contributed by atoms with Crippen molar-refractivity contribution < 1.29 is 4.79 Å². The Morgan fingerprint density at radius 3 is 2.57 bits per heavy atom. The lowest BCUT2D eigenvalue weighted by molar-refractivity contribution is -0.117. The summed E-state index contributed by atoms with van der Waals surface area (Å²) >= 11 is 25.0. The second kappa shape index (κ2) is 9.98. The molecule has 0 radical (unpaired) electrons. The molecule has 9 heteroatoms. The average molecular weight is 499 g/mol. The van der Waals surface area contributed by atoms with Crippen LogP contribution in [0.2, 0.25) is 0 Å². The van der Waals surface area contributed by atoms with Crippen molar-refractivity contribution in [3.63, 3.8) is 0 Å². The molecule has 0 aliphatic rings. The fourth-order valence-electron chi connectivity index (χ4n) is 2.66. The molecule has 2 aromatic carbocycles. The van der Waals surface area contributed by atoms with Crippen molar-refractivity contribution in [3.8, 4) is 0 Å². The molecule has 0 spiro atoms. The van der Waals surface area contributed by atoms with Crippen molar-refractivity contribution in [1.29, 1.82) is 0 Å². The lowest BCUT2D eigenvalue weighted by Gasteiger charge is -2.27. The Labute approximate surface area is 199 Å². The number of thiophene rings is 1. The highest BCUT2D eigenvalue weighted by Crippen LogP contribution is 2.31. The van der Waals surface area contributed by atoms with Gasteiger partial charge in [-0.2, -0.15) is 0 Å². The molecule has 0 aliphatic carbocycles. The summed E-state index contributed by atoms with van der Waals surface area (Å²) in [6.07, 6.45) is 2.03. The van der Waals surface area contributed by atoms with Crippen LogP contribution in [0.25, 0.3) is 16.2 Å². The molecule has 0 saturated carbocycles. The molecule has 3 aromatic rings. The molecule has 0 bridgehead atoms. The van der Waals surface area contributed by atoms with Gasteiger partial charge in [0.15, 0.2) is 5.11 Å². The van der Waals surface area contributed by atoms with Crippen molar-refractivity contribution >= 4 is 90.5 Å². The standard InChI is InChI=1S/C21H18Cl3N3OS2/c1-13-5-4-6-14(11-13)9-10-17(28)25-19(21(22,23)24)27-20(29)26-18-12-15-7-2-3-8-16(15)30-18/h2-12,19H,1H3,(H,25,28)(H2,26,27,29)/b10-9+. The zero-order valence-electron chi connectivity index (χ0n) is 15.8. The van der Waals surface area contributed by atoms with E-state index < -0.39 is 15.9 Å². The number of aryl methyl sites for hydroxylation is 1. The van der Waals surface area contributed by atoms with Crippen LogP contribution < -0.4 is 16.0 Å². The number of hydrogen-bond donors (Lipinski definition) is 3. The Balaban J connectivity index is 1.63. The number of amides is 1. The minimum Gasteiger partial charge on any atom is -0.339 e. The fourth-order valence-corrected chi connectivity index (χ4v) is 4.25. The fraction of sp³-hybridized carbons (Fsp3) is 0.143. The second-order valence-electron chi connectivity index (χ2n) is 6.48. The number of carbonyl (C=O) groups is 1. The predicted octanol–water partition coefficient (Wildman–Crippen LogP) is 6.02. The molecule has 3 rings (SSSR count). The molecule has 3 N–H and O–H groups in total. The van der Waals surface area contributed by atoms with Crippen LogP contribution in [-0.2, 0) is 4.79 Å². The van der Waals surface area contributed by atoms with Gasteiger partial charge in [-0.05, 0) is 48.3 Å². The number of halogens is 3. The quantitative estimate of drug-likeness (QED) is 0.174. The van der Waals surface area contributed by atoms with Crippen LogP contribution in [0.15, 0.2) is 60.7 Å². The summed E-state index contributed by atoms with van der Waals surface area (Å²) in [5, 5.41) is 10.7. The van der Waals surface area contributed by atoms with E-state index in [2.05, 4.69) is 16.0 Å². The molecule has 4 nitrogen and oxygen atoms in total. The highest BCUT2D eigenvalue weighted by atomic mass is 35.6. The molecule has 30 heavy (non-hydrogen) atoms. The smallest absolute Gasteiger partial charge is 0.245 e. The highest BCUT2D eigenvalue weighted by Gasteiger charge is 2.34. The van der Waals surface area contributed by atoms with E-state index in [4.69, 9.17) is 47.0 Å². The highest BCUT2D eigenvalue weighted by molar-refractivity contribution is 7.80. The van der Waals surface area contributed by atoms with E-state index in [0.29, 0.717) is 0 Å². The van der Waals surface area contributed by atoms with E-state index in [-0.39, 0.29) is 5.11 Å². The van der Waals surface area contributed by atoms with Gasteiger partial charge >= 0.3 is 0 Å². The molecular formula is C21H18Cl3N3OS2. The SMILES string of the molecule is Cc1cccc(/C=C/C(=O)NC(NC(=S)Nc2cc3ccccc3s2)C(Cl)(Cl)Cl)c1. The van der Waals surface area contributed by atoms with Gasteiger partial charge < -0.3 is 16.0 Å². The summed E-state index contributed by atoms with van der Waals surface area (Å²) in [5.41, 5.74) is 1.99. The molecule has 1 unspecified atom stereocenters. The van der Waals surface area contributed by atoms with Crippen molar-refractivity contribution in [2.24, 2.45) is 0 Å². The van der Waals surface area contributed by atoms with Crippen LogP contribution in [0.4, 0.5) is 5.00 Å². The van der Waals surface area contributed by atoms with Crippen molar-refractivity contribution in [2.75, 3.05) is 5.32 Å². The van der Waals surface area contributed by atoms with Crippen molar-refractivity contribution in [1.82, 2.24) is 10.6 Å². The van der Waals surface area contributed by atoms with Gasteiger partial charge in [0.2, 0.25) is 9.70 Å². The summed E-state index contributed by atoms with van der Waals surface area (Å²) in [7, 11) is 0. The number of fused-ring (bicyclic) bond motifs is 1. The van der Waals surface area contributed by atoms with Crippen LogP contribution in [0.5, 0.6) is 0 Å². The largest absolute Gasteiger partial charge is 0.339 e. The van der Waals surface area contributed by atoms with Gasteiger partial charge in [-0.15, -0.1) is 11.3 Å². The molecule has 156 valence electrons. The predicted molar refractivity (Wildman–Crippen MR) is 134 cm³/mol. The van der Waals surface area contributed by atoms with Crippen molar-refractivity contribution in [2.45, 2.75) is 16.9 Å². The maximum atomic E-state index is 12.3. The van der Waals surface area contributed by atoms with Gasteiger partial charge in [0.05, 0.1) is 5.00 Å². The van der Waals surface area contributed by atoms with Gasteiger partial charge in [0, 0.05) is 10.8 Å². The Kier molecular flexibility index (Phi) is 7.60. The lowest BCUT2D eigenvalue weighted by atomic mass is 10.1. The second-order valence-corrected chi connectivity index (χ2v) is 10.3. The van der Waals surface area contributed by atoms with Gasteiger partial charge in [0.25, 0.3) is 0 Å². The third-order valence-corrected chi connectivity index (χ3v) is 5.93. The Morgan fingerprint density at radius 1 is 1.10 bits per heavy atom. The van der Waals surface area contributed by atoms with Crippen LogP contribution in [0, 0.1) is 6.92 Å². The molecule has 0 fully saturated rings.